The summed E-state index contributed by atoms with van der Waals surface area (Å²) in [4.78, 5) is 29.5. The van der Waals surface area contributed by atoms with Gasteiger partial charge in [0.25, 0.3) is 0 Å². The van der Waals surface area contributed by atoms with Gasteiger partial charge in [-0.2, -0.15) is 0 Å². The molecule has 0 amide bonds. The first-order valence-corrected chi connectivity index (χ1v) is 17.3. The van der Waals surface area contributed by atoms with Gasteiger partial charge >= 0.3 is 11.9 Å². The molecular weight excluding hydrogens is 524 g/mol. The predicted molar refractivity (Wildman–Crippen MR) is 176 cm³/mol. The van der Waals surface area contributed by atoms with Crippen LogP contribution >= 0.6 is 0 Å². The van der Waals surface area contributed by atoms with Crippen molar-refractivity contribution in [3.05, 3.63) is 35.4 Å². The second kappa shape index (κ2) is 26.7. The summed E-state index contributed by atoms with van der Waals surface area (Å²) in [5, 5.41) is 0. The third kappa shape index (κ3) is 20.9. The van der Waals surface area contributed by atoms with Gasteiger partial charge in [0, 0.05) is 0 Å². The first-order valence-electron chi connectivity index (χ1n) is 17.3. The second-order valence-electron chi connectivity index (χ2n) is 12.1. The number of nitrogens with zero attached hydrogens (tertiary/aromatic N) is 2. The summed E-state index contributed by atoms with van der Waals surface area (Å²) in [5.74, 6) is -0.682. The number of carbonyl (C=O) groups is 2. The molecular formula is C36H64N2O4. The third-order valence-electron chi connectivity index (χ3n) is 7.98. The molecule has 1 rings (SSSR count). The van der Waals surface area contributed by atoms with E-state index in [1.165, 1.54) is 89.9 Å². The highest BCUT2D eigenvalue weighted by molar-refractivity contribution is 5.93. The molecule has 0 bridgehead atoms. The van der Waals surface area contributed by atoms with Crippen LogP contribution in [0.25, 0.3) is 0 Å². The Morgan fingerprint density at radius 1 is 0.476 bits per heavy atom. The largest absolute Gasteiger partial charge is 0.462 e. The zero-order valence-electron chi connectivity index (χ0n) is 27.8. The van der Waals surface area contributed by atoms with Gasteiger partial charge in [0.15, 0.2) is 0 Å². The molecule has 0 saturated carbocycles. The summed E-state index contributed by atoms with van der Waals surface area (Å²) in [6, 6.07) is 6.59. The molecule has 6 heteroatoms. The Labute approximate surface area is 258 Å². The Hall–Kier alpha value is -1.92. The van der Waals surface area contributed by atoms with Gasteiger partial charge in [-0.25, -0.2) is 9.59 Å². The number of carbonyl (C=O) groups excluding carboxylic acids is 2. The van der Waals surface area contributed by atoms with Crippen LogP contribution in [0.15, 0.2) is 24.3 Å². The molecule has 0 aliphatic heterocycles. The SMILES string of the molecule is CCCCCCCCCN(C)CCCCOC(=O)c1ccc(C(=O)OCCCCN(C)CCCCCCCCC)cc1. The minimum atomic E-state index is -0.341. The van der Waals surface area contributed by atoms with Gasteiger partial charge < -0.3 is 19.3 Å². The molecule has 0 aliphatic carbocycles. The number of esters is 2. The molecule has 0 radical (unpaired) electrons. The normalized spacial score (nSPS) is 11.4. The maximum Gasteiger partial charge on any atom is 0.338 e. The summed E-state index contributed by atoms with van der Waals surface area (Å²) in [7, 11) is 4.35. The van der Waals surface area contributed by atoms with Crippen molar-refractivity contribution in [1.29, 1.82) is 0 Å². The fraction of sp³-hybridized carbons (Fsp3) is 0.778. The average molecular weight is 589 g/mol. The van der Waals surface area contributed by atoms with Crippen molar-refractivity contribution in [3.8, 4) is 0 Å². The smallest absolute Gasteiger partial charge is 0.338 e. The lowest BCUT2D eigenvalue weighted by Crippen LogP contribution is -2.21. The Kier molecular flexibility index (Phi) is 24.2. The number of unbranched alkanes of at least 4 members (excludes halogenated alkanes) is 14. The minimum absolute atomic E-state index is 0.341. The van der Waals surface area contributed by atoms with Gasteiger partial charge in [-0.15, -0.1) is 0 Å². The molecule has 42 heavy (non-hydrogen) atoms. The van der Waals surface area contributed by atoms with Crippen LogP contribution in [0.5, 0.6) is 0 Å². The fourth-order valence-corrected chi connectivity index (χ4v) is 5.11. The van der Waals surface area contributed by atoms with E-state index in [4.69, 9.17) is 9.47 Å². The van der Waals surface area contributed by atoms with Crippen LogP contribution in [-0.4, -0.2) is 75.2 Å². The van der Waals surface area contributed by atoms with Gasteiger partial charge in [0.1, 0.15) is 0 Å². The van der Waals surface area contributed by atoms with Crippen LogP contribution < -0.4 is 0 Å². The van der Waals surface area contributed by atoms with Crippen molar-refractivity contribution in [1.82, 2.24) is 9.80 Å². The Morgan fingerprint density at radius 3 is 1.10 bits per heavy atom. The van der Waals surface area contributed by atoms with Crippen LogP contribution in [0, 0.1) is 0 Å². The molecule has 0 aromatic heterocycles. The van der Waals surface area contributed by atoms with Crippen molar-refractivity contribution < 1.29 is 19.1 Å². The van der Waals surface area contributed by atoms with Crippen LogP contribution in [0.1, 0.15) is 150 Å². The Balaban J connectivity index is 2.08. The molecule has 0 fully saturated rings. The highest BCUT2D eigenvalue weighted by atomic mass is 16.5. The first-order chi connectivity index (χ1) is 20.5. The molecule has 0 aliphatic rings. The van der Waals surface area contributed by atoms with Gasteiger partial charge in [-0.3, -0.25) is 0 Å². The van der Waals surface area contributed by atoms with Gasteiger partial charge in [-0.05, 0) is 103 Å². The summed E-state index contributed by atoms with van der Waals surface area (Å²) in [6.07, 6.45) is 22.4. The quantitative estimate of drug-likeness (QED) is 0.0719. The van der Waals surface area contributed by atoms with E-state index in [2.05, 4.69) is 37.7 Å². The van der Waals surface area contributed by atoms with Gasteiger partial charge in [0.05, 0.1) is 24.3 Å². The molecule has 6 nitrogen and oxygen atoms in total. The van der Waals surface area contributed by atoms with E-state index in [9.17, 15) is 9.59 Å². The van der Waals surface area contributed by atoms with Crippen LogP contribution in [0.4, 0.5) is 0 Å². The number of benzene rings is 1. The third-order valence-corrected chi connectivity index (χ3v) is 7.98. The van der Waals surface area contributed by atoms with Crippen molar-refractivity contribution in [3.63, 3.8) is 0 Å². The molecule has 0 spiro atoms. The van der Waals surface area contributed by atoms with E-state index in [0.717, 1.165) is 51.9 Å². The lowest BCUT2D eigenvalue weighted by Gasteiger charge is -2.16. The maximum atomic E-state index is 12.4. The summed E-state index contributed by atoms with van der Waals surface area (Å²) in [6.45, 7) is 9.68. The van der Waals surface area contributed by atoms with Crippen molar-refractivity contribution in [2.75, 3.05) is 53.5 Å². The lowest BCUT2D eigenvalue weighted by molar-refractivity contribution is 0.0481. The Morgan fingerprint density at radius 2 is 0.762 bits per heavy atom. The highest BCUT2D eigenvalue weighted by Gasteiger charge is 2.11. The van der Waals surface area contributed by atoms with Crippen molar-refractivity contribution >= 4 is 11.9 Å². The number of hydrogen-bond donors (Lipinski definition) is 0. The second-order valence-corrected chi connectivity index (χ2v) is 12.1. The zero-order chi connectivity index (χ0) is 30.7. The molecule has 0 N–H and O–H groups in total. The van der Waals surface area contributed by atoms with E-state index in [-0.39, 0.29) is 11.9 Å². The first kappa shape index (κ1) is 38.1. The monoisotopic (exact) mass is 588 g/mol. The maximum absolute atomic E-state index is 12.4. The molecule has 0 unspecified atom stereocenters. The van der Waals surface area contributed by atoms with Crippen molar-refractivity contribution in [2.24, 2.45) is 0 Å². The van der Waals surface area contributed by atoms with Crippen molar-refractivity contribution in [2.45, 2.75) is 129 Å². The Bertz CT molecular complexity index is 718. The summed E-state index contributed by atoms with van der Waals surface area (Å²) < 4.78 is 10.9. The average Bonchev–Trinajstić information content (AvgIpc) is 2.99. The van der Waals surface area contributed by atoms with E-state index in [1.54, 1.807) is 24.3 Å². The fourth-order valence-electron chi connectivity index (χ4n) is 5.11. The summed E-state index contributed by atoms with van der Waals surface area (Å²) in [5.41, 5.74) is 0.929. The molecule has 1 aromatic carbocycles. The van der Waals surface area contributed by atoms with E-state index in [1.807, 2.05) is 0 Å². The van der Waals surface area contributed by atoms with Gasteiger partial charge in [0.2, 0.25) is 0 Å². The van der Waals surface area contributed by atoms with Crippen LogP contribution in [0.2, 0.25) is 0 Å². The van der Waals surface area contributed by atoms with Gasteiger partial charge in [-0.1, -0.05) is 90.9 Å². The standard InChI is InChI=1S/C36H64N2O4/c1-5-7-9-11-13-15-17-27-37(3)29-19-21-31-41-35(39)33-23-25-34(26-24-33)36(40)42-32-22-20-30-38(4)28-18-16-14-12-10-8-6-2/h23-26H,5-22,27-32H2,1-4H3. The van der Waals surface area contributed by atoms with Crippen LogP contribution in [-0.2, 0) is 9.47 Å². The number of rotatable bonds is 28. The van der Waals surface area contributed by atoms with E-state index < -0.39 is 0 Å². The summed E-state index contributed by atoms with van der Waals surface area (Å²) >= 11 is 0. The predicted octanol–water partition coefficient (Wildman–Crippen LogP) is 8.93. The molecule has 242 valence electrons. The molecule has 0 saturated heterocycles. The highest BCUT2D eigenvalue weighted by Crippen LogP contribution is 2.11. The van der Waals surface area contributed by atoms with E-state index in [0.29, 0.717) is 24.3 Å². The number of ether oxygens (including phenoxy) is 2. The molecule has 0 atom stereocenters. The van der Waals surface area contributed by atoms with Crippen LogP contribution in [0.3, 0.4) is 0 Å². The molecule has 0 heterocycles. The minimum Gasteiger partial charge on any atom is -0.462 e. The van der Waals surface area contributed by atoms with E-state index >= 15 is 0 Å². The lowest BCUT2D eigenvalue weighted by atomic mass is 10.1. The number of hydrogen-bond acceptors (Lipinski definition) is 6. The zero-order valence-corrected chi connectivity index (χ0v) is 27.8. The molecule has 1 aromatic rings. The topological polar surface area (TPSA) is 59.1 Å².